The summed E-state index contributed by atoms with van der Waals surface area (Å²) in [5.41, 5.74) is 0.809. The van der Waals surface area contributed by atoms with Crippen molar-refractivity contribution < 1.29 is 18.0 Å². The molecule has 0 aliphatic rings. The first-order valence-corrected chi connectivity index (χ1v) is 9.99. The molecule has 2 rings (SSSR count). The van der Waals surface area contributed by atoms with Crippen LogP contribution in [-0.4, -0.2) is 32.8 Å². The van der Waals surface area contributed by atoms with Crippen LogP contribution < -0.4 is 15.4 Å². The fourth-order valence-electron chi connectivity index (χ4n) is 2.16. The van der Waals surface area contributed by atoms with E-state index < -0.39 is 21.8 Å². The number of carbonyl (C=O) groups excluding carboxylic acids is 2. The summed E-state index contributed by atoms with van der Waals surface area (Å²) in [6.07, 6.45) is 0. The molecular formula is C18H20ClN3O4S. The van der Waals surface area contributed by atoms with Gasteiger partial charge in [-0.15, -0.1) is 0 Å². The van der Waals surface area contributed by atoms with E-state index in [0.717, 1.165) is 0 Å². The highest BCUT2D eigenvalue weighted by atomic mass is 35.5. The second-order valence-corrected chi connectivity index (χ2v) is 8.19. The standard InChI is InChI=1S/C18H20ClN3O4S/c1-12(2)22-27(25,26)16-9-7-15(8-10-16)21-17(23)11-20-18(24)13-3-5-14(19)6-4-13/h3-10,12,22H,11H2,1-2H3,(H,20,24)(H,21,23). The summed E-state index contributed by atoms with van der Waals surface area (Å²) >= 11 is 5.76. The third kappa shape index (κ3) is 6.35. The fourth-order valence-corrected chi connectivity index (χ4v) is 3.54. The minimum atomic E-state index is -3.59. The summed E-state index contributed by atoms with van der Waals surface area (Å²) in [5, 5.41) is 5.60. The van der Waals surface area contributed by atoms with Gasteiger partial charge in [0.1, 0.15) is 0 Å². The van der Waals surface area contributed by atoms with Gasteiger partial charge >= 0.3 is 0 Å². The first-order valence-electron chi connectivity index (χ1n) is 8.13. The maximum atomic E-state index is 12.1. The quantitative estimate of drug-likeness (QED) is 0.653. The smallest absolute Gasteiger partial charge is 0.251 e. The zero-order chi connectivity index (χ0) is 20.0. The highest BCUT2D eigenvalue weighted by Crippen LogP contribution is 2.14. The lowest BCUT2D eigenvalue weighted by atomic mass is 10.2. The van der Waals surface area contributed by atoms with Crippen LogP contribution in [0.15, 0.2) is 53.4 Å². The SMILES string of the molecule is CC(C)NS(=O)(=O)c1ccc(NC(=O)CNC(=O)c2ccc(Cl)cc2)cc1. The Kier molecular flexibility index (Phi) is 6.95. The van der Waals surface area contributed by atoms with Crippen LogP contribution >= 0.6 is 11.6 Å². The van der Waals surface area contributed by atoms with Gasteiger partial charge in [-0.3, -0.25) is 9.59 Å². The van der Waals surface area contributed by atoms with Crippen molar-refractivity contribution in [2.75, 3.05) is 11.9 Å². The number of sulfonamides is 1. The molecule has 0 radical (unpaired) electrons. The molecule has 0 bridgehead atoms. The molecule has 0 atom stereocenters. The van der Waals surface area contributed by atoms with E-state index >= 15 is 0 Å². The van der Waals surface area contributed by atoms with E-state index in [1.165, 1.54) is 24.3 Å². The third-order valence-corrected chi connectivity index (χ3v) is 5.28. The van der Waals surface area contributed by atoms with Gasteiger partial charge in [0.25, 0.3) is 5.91 Å². The number of rotatable bonds is 7. The van der Waals surface area contributed by atoms with Gasteiger partial charge in [-0.1, -0.05) is 11.6 Å². The summed E-state index contributed by atoms with van der Waals surface area (Å²) < 4.78 is 26.6. The maximum absolute atomic E-state index is 12.1. The Hall–Kier alpha value is -2.42. The molecule has 2 amide bonds. The van der Waals surface area contributed by atoms with Crippen molar-refractivity contribution in [1.82, 2.24) is 10.0 Å². The molecule has 0 aromatic heterocycles. The lowest BCUT2D eigenvalue weighted by Gasteiger charge is -2.11. The van der Waals surface area contributed by atoms with Crippen LogP contribution in [0.3, 0.4) is 0 Å². The van der Waals surface area contributed by atoms with Crippen LogP contribution in [0, 0.1) is 0 Å². The van der Waals surface area contributed by atoms with Crippen molar-refractivity contribution >= 4 is 39.1 Å². The topological polar surface area (TPSA) is 104 Å². The Morgan fingerprint density at radius 3 is 2.15 bits per heavy atom. The Bertz CT molecular complexity index is 911. The number of carbonyl (C=O) groups is 2. The number of benzene rings is 2. The van der Waals surface area contributed by atoms with Crippen LogP contribution in [-0.2, 0) is 14.8 Å². The third-order valence-electron chi connectivity index (χ3n) is 3.36. The minimum Gasteiger partial charge on any atom is -0.343 e. The lowest BCUT2D eigenvalue weighted by molar-refractivity contribution is -0.115. The Labute approximate surface area is 163 Å². The number of amides is 2. The van der Waals surface area contributed by atoms with E-state index in [1.807, 2.05) is 0 Å². The minimum absolute atomic E-state index is 0.102. The Morgan fingerprint density at radius 2 is 1.59 bits per heavy atom. The normalized spacial score (nSPS) is 11.3. The average molecular weight is 410 g/mol. The number of halogens is 1. The van der Waals surface area contributed by atoms with E-state index in [9.17, 15) is 18.0 Å². The summed E-state index contributed by atoms with van der Waals surface area (Å²) in [6.45, 7) is 3.23. The number of hydrogen-bond donors (Lipinski definition) is 3. The summed E-state index contributed by atoms with van der Waals surface area (Å²) in [6, 6.07) is 11.8. The van der Waals surface area contributed by atoms with Crippen LogP contribution in [0.25, 0.3) is 0 Å². The maximum Gasteiger partial charge on any atom is 0.251 e. The monoisotopic (exact) mass is 409 g/mol. The molecule has 0 heterocycles. The number of anilines is 1. The molecule has 2 aromatic carbocycles. The predicted molar refractivity (Wildman–Crippen MR) is 104 cm³/mol. The Morgan fingerprint density at radius 1 is 1.00 bits per heavy atom. The molecule has 0 saturated heterocycles. The van der Waals surface area contributed by atoms with Gasteiger partial charge in [-0.2, -0.15) is 0 Å². The lowest BCUT2D eigenvalue weighted by Crippen LogP contribution is -2.32. The Balaban J connectivity index is 1.90. The van der Waals surface area contributed by atoms with Gasteiger partial charge in [0.15, 0.2) is 0 Å². The summed E-state index contributed by atoms with van der Waals surface area (Å²) in [7, 11) is -3.59. The van der Waals surface area contributed by atoms with E-state index in [1.54, 1.807) is 38.1 Å². The first-order chi connectivity index (χ1) is 12.7. The molecule has 9 heteroatoms. The molecule has 144 valence electrons. The number of hydrogen-bond acceptors (Lipinski definition) is 4. The van der Waals surface area contributed by atoms with Crippen LogP contribution in [0.4, 0.5) is 5.69 Å². The summed E-state index contributed by atoms with van der Waals surface area (Å²) in [5.74, 6) is -0.837. The van der Waals surface area contributed by atoms with Crippen molar-refractivity contribution in [3.63, 3.8) is 0 Å². The van der Waals surface area contributed by atoms with Crippen LogP contribution in [0.1, 0.15) is 24.2 Å². The molecule has 0 spiro atoms. The van der Waals surface area contributed by atoms with Crippen LogP contribution in [0.5, 0.6) is 0 Å². The van der Waals surface area contributed by atoms with Crippen molar-refractivity contribution in [3.05, 3.63) is 59.1 Å². The number of nitrogens with one attached hydrogen (secondary N) is 3. The molecule has 3 N–H and O–H groups in total. The van der Waals surface area contributed by atoms with Crippen molar-refractivity contribution in [2.24, 2.45) is 0 Å². The molecular weight excluding hydrogens is 390 g/mol. The largest absolute Gasteiger partial charge is 0.343 e. The van der Waals surface area contributed by atoms with Crippen molar-refractivity contribution in [3.8, 4) is 0 Å². The molecule has 0 aliphatic carbocycles. The van der Waals surface area contributed by atoms with Gasteiger partial charge in [0.2, 0.25) is 15.9 Å². The predicted octanol–water partition coefficient (Wildman–Crippen LogP) is 2.40. The van der Waals surface area contributed by atoms with E-state index in [2.05, 4.69) is 15.4 Å². The van der Waals surface area contributed by atoms with Gasteiger partial charge in [-0.05, 0) is 62.4 Å². The van der Waals surface area contributed by atoms with Gasteiger partial charge < -0.3 is 10.6 Å². The van der Waals surface area contributed by atoms with Crippen LogP contribution in [0.2, 0.25) is 5.02 Å². The molecule has 7 nitrogen and oxygen atoms in total. The zero-order valence-electron chi connectivity index (χ0n) is 14.8. The highest BCUT2D eigenvalue weighted by Gasteiger charge is 2.15. The van der Waals surface area contributed by atoms with Gasteiger partial charge in [0.05, 0.1) is 11.4 Å². The summed E-state index contributed by atoms with van der Waals surface area (Å²) in [4.78, 5) is 24.0. The molecule has 0 saturated carbocycles. The van der Waals surface area contributed by atoms with Gasteiger partial charge in [0, 0.05) is 22.3 Å². The molecule has 0 fully saturated rings. The highest BCUT2D eigenvalue weighted by molar-refractivity contribution is 7.89. The van der Waals surface area contributed by atoms with E-state index in [0.29, 0.717) is 16.3 Å². The first kappa shape index (κ1) is 20.9. The zero-order valence-corrected chi connectivity index (χ0v) is 16.4. The van der Waals surface area contributed by atoms with E-state index in [4.69, 9.17) is 11.6 Å². The average Bonchev–Trinajstić information content (AvgIpc) is 2.59. The molecule has 2 aromatic rings. The second kappa shape index (κ2) is 8.98. The molecule has 27 heavy (non-hydrogen) atoms. The second-order valence-electron chi connectivity index (χ2n) is 6.04. The molecule has 0 aliphatic heterocycles. The van der Waals surface area contributed by atoms with E-state index in [-0.39, 0.29) is 17.5 Å². The fraction of sp³-hybridized carbons (Fsp3) is 0.222. The molecule has 0 unspecified atom stereocenters. The van der Waals surface area contributed by atoms with Gasteiger partial charge in [-0.25, -0.2) is 13.1 Å². The van der Waals surface area contributed by atoms with Crippen molar-refractivity contribution in [2.45, 2.75) is 24.8 Å². The van der Waals surface area contributed by atoms with Crippen molar-refractivity contribution in [1.29, 1.82) is 0 Å².